The highest BCUT2D eigenvalue weighted by molar-refractivity contribution is 8.24. The van der Waals surface area contributed by atoms with Crippen molar-refractivity contribution in [3.63, 3.8) is 0 Å². The van der Waals surface area contributed by atoms with Gasteiger partial charge in [0.25, 0.3) is 0 Å². The van der Waals surface area contributed by atoms with Gasteiger partial charge in [0.1, 0.15) is 0 Å². The van der Waals surface area contributed by atoms with E-state index in [1.165, 1.54) is 16.7 Å². The molecule has 0 atom stereocenters. The van der Waals surface area contributed by atoms with Crippen LogP contribution in [0.3, 0.4) is 0 Å². The zero-order chi connectivity index (χ0) is 17.0. The molecule has 0 amide bonds. The summed E-state index contributed by atoms with van der Waals surface area (Å²) in [4.78, 5) is 0. The van der Waals surface area contributed by atoms with Gasteiger partial charge in [0.2, 0.25) is 0 Å². The smallest absolute Gasteiger partial charge is 0.0786 e. The van der Waals surface area contributed by atoms with Crippen LogP contribution >= 0.6 is 24.0 Å². The van der Waals surface area contributed by atoms with Crippen molar-refractivity contribution < 1.29 is 0 Å². The number of thioether (sulfide) groups is 1. The lowest BCUT2D eigenvalue weighted by Gasteiger charge is -2.25. The number of benzene rings is 3. The van der Waals surface area contributed by atoms with Crippen molar-refractivity contribution in [2.45, 2.75) is 18.6 Å². The van der Waals surface area contributed by atoms with Crippen molar-refractivity contribution in [2.75, 3.05) is 0 Å². The average Bonchev–Trinajstić information content (AvgIpc) is 2.63. The highest BCUT2D eigenvalue weighted by Crippen LogP contribution is 2.38. The fourth-order valence-corrected chi connectivity index (χ4v) is 4.35. The Kier molecular flexibility index (Phi) is 5.17. The largest absolute Gasteiger partial charge is 0.103 e. The fourth-order valence-electron chi connectivity index (χ4n) is 2.62. The van der Waals surface area contributed by atoms with E-state index in [1.807, 2.05) is 24.3 Å². The molecule has 0 saturated heterocycles. The van der Waals surface area contributed by atoms with Crippen molar-refractivity contribution in [1.29, 1.82) is 0 Å². The Morgan fingerprint density at radius 3 is 1.79 bits per heavy atom. The van der Waals surface area contributed by atoms with Gasteiger partial charge in [-0.25, -0.2) is 0 Å². The summed E-state index contributed by atoms with van der Waals surface area (Å²) in [5, 5.41) is 0. The van der Waals surface area contributed by atoms with Gasteiger partial charge in [-0.05, 0) is 36.1 Å². The molecule has 0 aliphatic carbocycles. The van der Waals surface area contributed by atoms with E-state index < -0.39 is 0 Å². The van der Waals surface area contributed by atoms with Gasteiger partial charge in [0, 0.05) is 4.75 Å². The van der Waals surface area contributed by atoms with Crippen LogP contribution in [-0.4, -0.2) is 4.20 Å². The molecule has 0 N–H and O–H groups in total. The first-order chi connectivity index (χ1) is 11.6. The third kappa shape index (κ3) is 3.95. The van der Waals surface area contributed by atoms with Gasteiger partial charge in [-0.15, -0.1) is 11.8 Å². The summed E-state index contributed by atoms with van der Waals surface area (Å²) in [6.45, 7) is 4.45. The molecule has 0 aliphatic heterocycles. The van der Waals surface area contributed by atoms with Gasteiger partial charge in [-0.1, -0.05) is 97.1 Å². The molecule has 0 fully saturated rings. The molecule has 120 valence electrons. The third-order valence-corrected chi connectivity index (χ3v) is 5.70. The molecule has 0 nitrogen and oxygen atoms in total. The molecule has 0 aliphatic rings. The predicted molar refractivity (Wildman–Crippen MR) is 111 cm³/mol. The second kappa shape index (κ2) is 7.33. The topological polar surface area (TPSA) is 0 Å². The lowest BCUT2D eigenvalue weighted by Crippen LogP contribution is -2.14. The van der Waals surface area contributed by atoms with Gasteiger partial charge in [0.05, 0.1) is 4.20 Å². The van der Waals surface area contributed by atoms with E-state index in [9.17, 15) is 0 Å². The summed E-state index contributed by atoms with van der Waals surface area (Å²) < 4.78 is 0.870. The highest BCUT2D eigenvalue weighted by atomic mass is 32.2. The Bertz CT molecular complexity index is 804. The molecule has 0 bridgehead atoms. The number of thiocarbonyl (C=S) groups is 1. The van der Waals surface area contributed by atoms with Gasteiger partial charge >= 0.3 is 0 Å². The first-order valence-electron chi connectivity index (χ1n) is 8.01. The molecule has 0 saturated carbocycles. The summed E-state index contributed by atoms with van der Waals surface area (Å²) >= 11 is 7.38. The lowest BCUT2D eigenvalue weighted by molar-refractivity contribution is 0.788. The summed E-state index contributed by atoms with van der Waals surface area (Å²) in [7, 11) is 0. The van der Waals surface area contributed by atoms with E-state index in [1.54, 1.807) is 11.8 Å². The first-order valence-corrected chi connectivity index (χ1v) is 9.23. The normalized spacial score (nSPS) is 11.2. The molecule has 0 radical (unpaired) electrons. The summed E-state index contributed by atoms with van der Waals surface area (Å²) in [6.07, 6.45) is 0. The van der Waals surface area contributed by atoms with E-state index in [-0.39, 0.29) is 4.75 Å². The maximum atomic E-state index is 5.63. The zero-order valence-electron chi connectivity index (χ0n) is 13.9. The zero-order valence-corrected chi connectivity index (χ0v) is 15.5. The molecule has 2 heteroatoms. The van der Waals surface area contributed by atoms with Crippen LogP contribution in [0.15, 0.2) is 84.9 Å². The monoisotopic (exact) mass is 348 g/mol. The standard InChI is InChI=1S/C22H20S2/c1-22(2,24-21(23)19-11-7-4-8-12-19)20-15-13-18(14-16-20)17-9-5-3-6-10-17/h3-16H,1-2H3. The second-order valence-corrected chi connectivity index (χ2v) is 8.51. The second-order valence-electron chi connectivity index (χ2n) is 6.21. The molecule has 3 aromatic rings. The van der Waals surface area contributed by atoms with Gasteiger partial charge in [0.15, 0.2) is 0 Å². The SMILES string of the molecule is CC(C)(SC(=S)c1ccccc1)c1ccc(-c2ccccc2)cc1. The van der Waals surface area contributed by atoms with E-state index in [0.717, 1.165) is 9.76 Å². The number of hydrogen-bond acceptors (Lipinski definition) is 2. The first kappa shape index (κ1) is 16.9. The minimum absolute atomic E-state index is 0.0673. The maximum Gasteiger partial charge on any atom is 0.0786 e. The number of rotatable bonds is 4. The van der Waals surface area contributed by atoms with E-state index >= 15 is 0 Å². The Morgan fingerprint density at radius 1 is 0.708 bits per heavy atom. The minimum atomic E-state index is -0.0673. The predicted octanol–water partition coefficient (Wildman–Crippen LogP) is 6.70. The van der Waals surface area contributed by atoms with Crippen molar-refractivity contribution in [3.05, 3.63) is 96.1 Å². The molecular formula is C22H20S2. The quantitative estimate of drug-likeness (QED) is 0.481. The Balaban J connectivity index is 1.78. The average molecular weight is 349 g/mol. The van der Waals surface area contributed by atoms with Crippen molar-refractivity contribution >= 4 is 28.2 Å². The summed E-state index contributed by atoms with van der Waals surface area (Å²) in [6, 6.07) is 29.5. The van der Waals surface area contributed by atoms with Crippen molar-refractivity contribution in [2.24, 2.45) is 0 Å². The Hall–Kier alpha value is -1.90. The molecule has 0 aromatic heterocycles. The van der Waals surface area contributed by atoms with Crippen LogP contribution < -0.4 is 0 Å². The minimum Gasteiger partial charge on any atom is -0.103 e. The summed E-state index contributed by atoms with van der Waals surface area (Å²) in [5.41, 5.74) is 4.89. The van der Waals surface area contributed by atoms with Crippen LogP contribution in [0, 0.1) is 0 Å². The highest BCUT2D eigenvalue weighted by Gasteiger charge is 2.23. The van der Waals surface area contributed by atoms with E-state index in [2.05, 4.69) is 74.5 Å². The van der Waals surface area contributed by atoms with Crippen LogP contribution in [-0.2, 0) is 4.75 Å². The van der Waals surface area contributed by atoms with Crippen LogP contribution in [0.25, 0.3) is 11.1 Å². The Labute approximate surface area is 153 Å². The molecule has 0 unspecified atom stereocenters. The molecule has 24 heavy (non-hydrogen) atoms. The van der Waals surface area contributed by atoms with Gasteiger partial charge in [-0.2, -0.15) is 0 Å². The van der Waals surface area contributed by atoms with Crippen molar-refractivity contribution in [1.82, 2.24) is 0 Å². The lowest BCUT2D eigenvalue weighted by atomic mass is 9.98. The van der Waals surface area contributed by atoms with E-state index in [0.29, 0.717) is 0 Å². The molecule has 0 heterocycles. The molecular weight excluding hydrogens is 328 g/mol. The molecule has 3 aromatic carbocycles. The van der Waals surface area contributed by atoms with Crippen LogP contribution in [0.4, 0.5) is 0 Å². The number of hydrogen-bond donors (Lipinski definition) is 0. The summed E-state index contributed by atoms with van der Waals surface area (Å²) in [5.74, 6) is 0. The Morgan fingerprint density at radius 2 is 1.21 bits per heavy atom. The molecule has 0 spiro atoms. The van der Waals surface area contributed by atoms with Crippen molar-refractivity contribution in [3.8, 4) is 11.1 Å². The van der Waals surface area contributed by atoms with Crippen LogP contribution in [0.5, 0.6) is 0 Å². The third-order valence-electron chi connectivity index (χ3n) is 4.04. The van der Waals surface area contributed by atoms with E-state index in [4.69, 9.17) is 12.2 Å². The maximum absolute atomic E-state index is 5.63. The molecule has 3 rings (SSSR count). The van der Waals surface area contributed by atoms with Gasteiger partial charge < -0.3 is 0 Å². The van der Waals surface area contributed by atoms with Gasteiger partial charge in [-0.3, -0.25) is 0 Å². The fraction of sp³-hybridized carbons (Fsp3) is 0.136. The van der Waals surface area contributed by atoms with Crippen LogP contribution in [0.2, 0.25) is 0 Å². The van der Waals surface area contributed by atoms with Crippen LogP contribution in [0.1, 0.15) is 25.0 Å².